The van der Waals surface area contributed by atoms with Crippen molar-refractivity contribution in [2.75, 3.05) is 7.11 Å². The zero-order valence-corrected chi connectivity index (χ0v) is 14.6. The maximum absolute atomic E-state index is 12.3. The minimum absolute atomic E-state index is 0.0113. The third-order valence-electron chi connectivity index (χ3n) is 3.75. The number of nitrogens with one attached hydrogen (secondary N) is 1. The summed E-state index contributed by atoms with van der Waals surface area (Å²) < 4.78 is 11.0. The van der Waals surface area contributed by atoms with Gasteiger partial charge in [0.1, 0.15) is 5.82 Å². The summed E-state index contributed by atoms with van der Waals surface area (Å²) in [6.07, 6.45) is -0.0113. The summed E-state index contributed by atoms with van der Waals surface area (Å²) in [5.41, 5.74) is 0.658. The molecule has 0 aliphatic rings. The Balaban J connectivity index is 2.12. The normalized spacial score (nSPS) is 10.9. The summed E-state index contributed by atoms with van der Waals surface area (Å²) in [7, 11) is 1.53. The van der Waals surface area contributed by atoms with Crippen LogP contribution < -0.4 is 15.0 Å². The van der Waals surface area contributed by atoms with E-state index in [-0.39, 0.29) is 17.2 Å². The lowest BCUT2D eigenvalue weighted by molar-refractivity contribution is 0.0697. The maximum Gasteiger partial charge on any atom is 0.335 e. The molecule has 0 aliphatic heterocycles. The average Bonchev–Trinajstić information content (AvgIpc) is 2.61. The zero-order valence-electron chi connectivity index (χ0n) is 14.6. The van der Waals surface area contributed by atoms with E-state index in [2.05, 4.69) is 9.97 Å². The van der Waals surface area contributed by atoms with E-state index < -0.39 is 5.97 Å². The van der Waals surface area contributed by atoms with E-state index in [0.717, 1.165) is 0 Å². The van der Waals surface area contributed by atoms with Crippen LogP contribution in [0.15, 0.2) is 41.2 Å². The van der Waals surface area contributed by atoms with Gasteiger partial charge < -0.3 is 19.6 Å². The molecule has 0 bridgehead atoms. The fourth-order valence-corrected chi connectivity index (χ4v) is 2.58. The fraction of sp³-hybridized carbons (Fsp3) is 0.211. The first kappa shape index (κ1) is 17.5. The predicted molar refractivity (Wildman–Crippen MR) is 97.1 cm³/mol. The van der Waals surface area contributed by atoms with Crippen molar-refractivity contribution in [1.29, 1.82) is 0 Å². The molecule has 0 aliphatic carbocycles. The van der Waals surface area contributed by atoms with Crippen LogP contribution in [0.3, 0.4) is 0 Å². The van der Waals surface area contributed by atoms with Crippen LogP contribution in [-0.2, 0) is 0 Å². The van der Waals surface area contributed by atoms with E-state index in [1.54, 1.807) is 18.2 Å². The van der Waals surface area contributed by atoms with Crippen LogP contribution in [0.4, 0.5) is 0 Å². The molecule has 7 heteroatoms. The Bertz CT molecular complexity index is 1040. The molecule has 3 rings (SSSR count). The van der Waals surface area contributed by atoms with Gasteiger partial charge in [-0.25, -0.2) is 9.78 Å². The van der Waals surface area contributed by atoms with Gasteiger partial charge in [-0.2, -0.15) is 0 Å². The van der Waals surface area contributed by atoms with Gasteiger partial charge in [0.25, 0.3) is 5.56 Å². The molecular formula is C19H18N2O5. The molecule has 0 radical (unpaired) electrons. The van der Waals surface area contributed by atoms with Crippen LogP contribution in [0.1, 0.15) is 24.2 Å². The van der Waals surface area contributed by atoms with Gasteiger partial charge in [-0.05, 0) is 50.2 Å². The number of methoxy groups -OCH3 is 1. The second kappa shape index (κ2) is 6.87. The highest BCUT2D eigenvalue weighted by Gasteiger charge is 2.13. The van der Waals surface area contributed by atoms with Gasteiger partial charge in [0, 0.05) is 5.56 Å². The van der Waals surface area contributed by atoms with E-state index in [9.17, 15) is 9.59 Å². The summed E-state index contributed by atoms with van der Waals surface area (Å²) in [4.78, 5) is 30.6. The Labute approximate surface area is 149 Å². The van der Waals surface area contributed by atoms with Crippen molar-refractivity contribution < 1.29 is 19.4 Å². The number of H-pyrrole nitrogens is 1. The van der Waals surface area contributed by atoms with E-state index in [4.69, 9.17) is 14.6 Å². The average molecular weight is 354 g/mol. The number of carbonyl (C=O) groups is 1. The molecule has 0 spiro atoms. The summed E-state index contributed by atoms with van der Waals surface area (Å²) in [6, 6.07) is 9.42. The van der Waals surface area contributed by atoms with Crippen molar-refractivity contribution in [3.8, 4) is 22.9 Å². The van der Waals surface area contributed by atoms with E-state index in [1.807, 2.05) is 13.8 Å². The summed E-state index contributed by atoms with van der Waals surface area (Å²) in [5, 5.41) is 9.45. The van der Waals surface area contributed by atoms with Crippen molar-refractivity contribution in [3.63, 3.8) is 0 Å². The second-order valence-electron chi connectivity index (χ2n) is 5.98. The van der Waals surface area contributed by atoms with Crippen molar-refractivity contribution in [2.45, 2.75) is 20.0 Å². The second-order valence-corrected chi connectivity index (χ2v) is 5.98. The van der Waals surface area contributed by atoms with Gasteiger partial charge >= 0.3 is 5.97 Å². The predicted octanol–water partition coefficient (Wildman–Crippen LogP) is 3.08. The minimum atomic E-state index is -1.08. The first-order valence-electron chi connectivity index (χ1n) is 8.01. The molecule has 1 aromatic heterocycles. The molecule has 134 valence electrons. The lowest BCUT2D eigenvalue weighted by Crippen LogP contribution is -2.11. The van der Waals surface area contributed by atoms with Gasteiger partial charge in [-0.15, -0.1) is 0 Å². The van der Waals surface area contributed by atoms with Crippen LogP contribution in [0.2, 0.25) is 0 Å². The number of ether oxygens (including phenoxy) is 2. The fourth-order valence-electron chi connectivity index (χ4n) is 2.58. The molecule has 0 amide bonds. The van der Waals surface area contributed by atoms with Crippen LogP contribution >= 0.6 is 0 Å². The van der Waals surface area contributed by atoms with Gasteiger partial charge in [-0.1, -0.05) is 0 Å². The summed E-state index contributed by atoms with van der Waals surface area (Å²) in [6.45, 7) is 3.82. The molecule has 0 fully saturated rings. The highest BCUT2D eigenvalue weighted by Crippen LogP contribution is 2.32. The topological polar surface area (TPSA) is 102 Å². The van der Waals surface area contributed by atoms with E-state index >= 15 is 0 Å². The number of hydrogen-bond acceptors (Lipinski definition) is 5. The van der Waals surface area contributed by atoms with Crippen molar-refractivity contribution in [1.82, 2.24) is 9.97 Å². The Hall–Kier alpha value is -3.35. The van der Waals surface area contributed by atoms with Crippen LogP contribution in [0.5, 0.6) is 11.5 Å². The lowest BCUT2D eigenvalue weighted by Gasteiger charge is -2.14. The summed E-state index contributed by atoms with van der Waals surface area (Å²) in [5.74, 6) is 0.340. The van der Waals surface area contributed by atoms with Crippen LogP contribution in [0, 0.1) is 0 Å². The Kier molecular flexibility index (Phi) is 4.62. The number of aromatic amines is 1. The lowest BCUT2D eigenvalue weighted by atomic mass is 10.1. The Morgan fingerprint density at radius 2 is 1.92 bits per heavy atom. The van der Waals surface area contributed by atoms with Gasteiger partial charge in [-0.3, -0.25) is 4.79 Å². The molecule has 2 aromatic carbocycles. The maximum atomic E-state index is 12.3. The van der Waals surface area contributed by atoms with Gasteiger partial charge in [0.2, 0.25) is 0 Å². The zero-order chi connectivity index (χ0) is 18.8. The van der Waals surface area contributed by atoms with Gasteiger partial charge in [0.05, 0.1) is 29.7 Å². The number of carboxylic acids is 1. The van der Waals surface area contributed by atoms with Crippen molar-refractivity contribution >= 4 is 16.9 Å². The highest BCUT2D eigenvalue weighted by molar-refractivity contribution is 5.93. The molecule has 1 heterocycles. The highest BCUT2D eigenvalue weighted by atomic mass is 16.5. The van der Waals surface area contributed by atoms with Crippen LogP contribution in [-0.4, -0.2) is 34.3 Å². The molecule has 0 unspecified atom stereocenters. The standard InChI is InChI=1S/C19H18N2O5/c1-10(2)26-15-7-5-11(9-16(15)25-3)17-20-14-8-12(19(23)24)4-6-13(14)18(22)21-17/h4-10H,1-3H3,(H,23,24)(H,20,21,22). The first-order valence-corrected chi connectivity index (χ1v) is 8.01. The number of nitrogens with zero attached hydrogens (tertiary/aromatic N) is 1. The first-order chi connectivity index (χ1) is 12.4. The largest absolute Gasteiger partial charge is 0.493 e. The minimum Gasteiger partial charge on any atom is -0.493 e. The van der Waals surface area contributed by atoms with Gasteiger partial charge in [0.15, 0.2) is 11.5 Å². The molecule has 7 nitrogen and oxygen atoms in total. The molecule has 0 atom stereocenters. The molecule has 0 saturated heterocycles. The SMILES string of the molecule is COc1cc(-c2nc3cc(C(=O)O)ccc3c(=O)[nH]2)ccc1OC(C)C. The van der Waals surface area contributed by atoms with Crippen molar-refractivity contribution in [3.05, 3.63) is 52.3 Å². The number of carboxylic acid groups (broad SMARTS) is 1. The Morgan fingerprint density at radius 3 is 2.58 bits per heavy atom. The summed E-state index contributed by atoms with van der Waals surface area (Å²) >= 11 is 0. The molecule has 2 N–H and O–H groups in total. The number of benzene rings is 2. The molecule has 26 heavy (non-hydrogen) atoms. The number of fused-ring (bicyclic) bond motifs is 1. The molecule has 3 aromatic rings. The molecule has 0 saturated carbocycles. The number of aromatic carboxylic acids is 1. The smallest absolute Gasteiger partial charge is 0.335 e. The monoisotopic (exact) mass is 354 g/mol. The number of rotatable bonds is 5. The number of hydrogen-bond donors (Lipinski definition) is 2. The Morgan fingerprint density at radius 1 is 1.15 bits per heavy atom. The third kappa shape index (κ3) is 3.37. The van der Waals surface area contributed by atoms with E-state index in [0.29, 0.717) is 33.8 Å². The third-order valence-corrected chi connectivity index (χ3v) is 3.75. The molecular weight excluding hydrogens is 336 g/mol. The van der Waals surface area contributed by atoms with Crippen LogP contribution in [0.25, 0.3) is 22.3 Å². The van der Waals surface area contributed by atoms with Crippen molar-refractivity contribution in [2.24, 2.45) is 0 Å². The number of aromatic nitrogens is 2. The quantitative estimate of drug-likeness (QED) is 0.730. The van der Waals surface area contributed by atoms with E-state index in [1.165, 1.54) is 25.3 Å².